The summed E-state index contributed by atoms with van der Waals surface area (Å²) in [6.45, 7) is 0.613. The van der Waals surface area contributed by atoms with E-state index in [1.165, 1.54) is 4.90 Å². The summed E-state index contributed by atoms with van der Waals surface area (Å²) < 4.78 is 6.83. The van der Waals surface area contributed by atoms with Crippen LogP contribution in [0.4, 0.5) is 0 Å². The van der Waals surface area contributed by atoms with Crippen molar-refractivity contribution in [2.75, 3.05) is 7.05 Å². The molecule has 0 aliphatic rings. The Balaban J connectivity index is 1.41. The van der Waals surface area contributed by atoms with Crippen LogP contribution in [0.3, 0.4) is 0 Å². The molecule has 0 saturated carbocycles. The average Bonchev–Trinajstić information content (AvgIpc) is 3.38. The molecule has 0 spiro atoms. The Kier molecular flexibility index (Phi) is 5.30. The number of hydrogen-bond acceptors (Lipinski definition) is 7. The summed E-state index contributed by atoms with van der Waals surface area (Å²) in [5.74, 6) is 0.459. The Hall–Kier alpha value is -3.59. The van der Waals surface area contributed by atoms with Gasteiger partial charge in [-0.25, -0.2) is 4.68 Å². The van der Waals surface area contributed by atoms with Crippen molar-refractivity contribution in [2.24, 2.45) is 0 Å². The molecule has 3 heterocycles. The molecule has 3 aromatic heterocycles. The molecule has 0 aliphatic heterocycles. The first-order chi connectivity index (χ1) is 14.1. The van der Waals surface area contributed by atoms with Crippen LogP contribution in [0.2, 0.25) is 5.02 Å². The van der Waals surface area contributed by atoms with Crippen LogP contribution < -0.4 is 0 Å². The van der Waals surface area contributed by atoms with Gasteiger partial charge < -0.3 is 9.42 Å². The highest BCUT2D eigenvalue weighted by molar-refractivity contribution is 6.30. The number of hydrogen-bond donors (Lipinski definition) is 0. The van der Waals surface area contributed by atoms with Crippen LogP contribution in [0, 0.1) is 0 Å². The van der Waals surface area contributed by atoms with Crippen molar-refractivity contribution >= 4 is 17.5 Å². The van der Waals surface area contributed by atoms with E-state index in [1.807, 2.05) is 18.2 Å². The third-order valence-corrected chi connectivity index (χ3v) is 4.35. The van der Waals surface area contributed by atoms with Crippen LogP contribution in [0.15, 0.2) is 59.5 Å². The van der Waals surface area contributed by atoms with Gasteiger partial charge in [-0.05, 0) is 29.8 Å². The number of aromatic nitrogens is 6. The summed E-state index contributed by atoms with van der Waals surface area (Å²) in [4.78, 5) is 22.3. The Labute approximate surface area is 170 Å². The predicted molar refractivity (Wildman–Crippen MR) is 104 cm³/mol. The van der Waals surface area contributed by atoms with E-state index in [9.17, 15) is 4.79 Å². The zero-order chi connectivity index (χ0) is 20.2. The minimum atomic E-state index is -0.300. The quantitative estimate of drug-likeness (QED) is 0.482. The van der Waals surface area contributed by atoms with Crippen molar-refractivity contribution in [3.8, 4) is 11.4 Å². The molecule has 4 rings (SSSR count). The van der Waals surface area contributed by atoms with Gasteiger partial charge in [-0.2, -0.15) is 4.98 Å². The molecule has 0 saturated heterocycles. The maximum Gasteiger partial charge on any atom is 0.276 e. The maximum absolute atomic E-state index is 12.6. The lowest BCUT2D eigenvalue weighted by Gasteiger charge is -2.12. The third kappa shape index (κ3) is 4.46. The largest absolute Gasteiger partial charge is 0.337 e. The number of pyridine rings is 1. The van der Waals surface area contributed by atoms with Crippen LogP contribution in [-0.2, 0) is 13.1 Å². The Morgan fingerprint density at radius 3 is 2.86 bits per heavy atom. The number of nitrogens with zero attached hydrogens (tertiary/aromatic N) is 7. The molecule has 0 atom stereocenters. The SMILES string of the molecule is CN(Cc1nc(-c2ccncc2)no1)C(=O)c1cn(Cc2cccc(Cl)c2)nn1. The zero-order valence-corrected chi connectivity index (χ0v) is 16.2. The summed E-state index contributed by atoms with van der Waals surface area (Å²) in [6, 6.07) is 11.0. The van der Waals surface area contributed by atoms with Crippen molar-refractivity contribution in [3.05, 3.63) is 77.2 Å². The van der Waals surface area contributed by atoms with Crippen molar-refractivity contribution in [1.82, 2.24) is 35.0 Å². The molecule has 4 aromatic rings. The minimum absolute atomic E-state index is 0.151. The van der Waals surface area contributed by atoms with Gasteiger partial charge in [0, 0.05) is 30.0 Å². The van der Waals surface area contributed by atoms with Crippen LogP contribution in [0.5, 0.6) is 0 Å². The summed E-state index contributed by atoms with van der Waals surface area (Å²) in [6.07, 6.45) is 4.89. The van der Waals surface area contributed by atoms with Crippen LogP contribution in [0.25, 0.3) is 11.4 Å². The second kappa shape index (κ2) is 8.19. The number of rotatable bonds is 6. The van der Waals surface area contributed by atoms with E-state index in [1.54, 1.807) is 48.5 Å². The fourth-order valence-corrected chi connectivity index (χ4v) is 2.92. The van der Waals surface area contributed by atoms with E-state index < -0.39 is 0 Å². The predicted octanol–water partition coefficient (Wildman–Crippen LogP) is 2.70. The van der Waals surface area contributed by atoms with Crippen LogP contribution >= 0.6 is 11.6 Å². The zero-order valence-electron chi connectivity index (χ0n) is 15.4. The van der Waals surface area contributed by atoms with E-state index in [4.69, 9.17) is 16.1 Å². The summed E-state index contributed by atoms with van der Waals surface area (Å²) in [7, 11) is 1.63. The second-order valence-corrected chi connectivity index (χ2v) is 6.78. The molecule has 10 heteroatoms. The number of carbonyl (C=O) groups is 1. The first-order valence-corrected chi connectivity index (χ1v) is 9.09. The molecule has 0 fully saturated rings. The standard InChI is InChI=1S/C19H16ClN7O2/c1-26(12-17-22-18(24-29-17)14-5-7-21-8-6-14)19(28)16-11-27(25-23-16)10-13-3-2-4-15(20)9-13/h2-9,11H,10,12H2,1H3. The molecule has 9 nitrogen and oxygen atoms in total. The molecule has 1 aromatic carbocycles. The van der Waals surface area contributed by atoms with Gasteiger partial charge in [-0.3, -0.25) is 9.78 Å². The second-order valence-electron chi connectivity index (χ2n) is 6.34. The summed E-state index contributed by atoms with van der Waals surface area (Å²) in [5.41, 5.74) is 1.97. The molecule has 0 unspecified atom stereocenters. The number of amides is 1. The Bertz CT molecular complexity index is 1130. The van der Waals surface area contributed by atoms with Crippen LogP contribution in [0.1, 0.15) is 21.9 Å². The lowest BCUT2D eigenvalue weighted by atomic mass is 10.2. The third-order valence-electron chi connectivity index (χ3n) is 4.12. The van der Waals surface area contributed by atoms with Crippen molar-refractivity contribution in [1.29, 1.82) is 0 Å². The van der Waals surface area contributed by atoms with Gasteiger partial charge in [-0.15, -0.1) is 5.10 Å². The van der Waals surface area contributed by atoms with E-state index in [0.29, 0.717) is 23.3 Å². The lowest BCUT2D eigenvalue weighted by Crippen LogP contribution is -2.26. The first-order valence-electron chi connectivity index (χ1n) is 8.71. The van der Waals surface area contributed by atoms with Gasteiger partial charge in [-0.1, -0.05) is 34.1 Å². The topological polar surface area (TPSA) is 103 Å². The highest BCUT2D eigenvalue weighted by atomic mass is 35.5. The highest BCUT2D eigenvalue weighted by Gasteiger charge is 2.19. The molecular formula is C19H16ClN7O2. The normalized spacial score (nSPS) is 10.8. The van der Waals surface area contributed by atoms with Gasteiger partial charge in [0.2, 0.25) is 11.7 Å². The molecular weight excluding hydrogens is 394 g/mol. The van der Waals surface area contributed by atoms with Crippen molar-refractivity contribution in [2.45, 2.75) is 13.1 Å². The van der Waals surface area contributed by atoms with Gasteiger partial charge in [0.15, 0.2) is 5.69 Å². The van der Waals surface area contributed by atoms with Gasteiger partial charge >= 0.3 is 0 Å². The van der Waals surface area contributed by atoms with Gasteiger partial charge in [0.05, 0.1) is 12.7 Å². The molecule has 29 heavy (non-hydrogen) atoms. The number of halogens is 1. The molecule has 0 radical (unpaired) electrons. The molecule has 0 N–H and O–H groups in total. The van der Waals surface area contributed by atoms with E-state index >= 15 is 0 Å². The van der Waals surface area contributed by atoms with Crippen LogP contribution in [-0.4, -0.2) is 48.0 Å². The van der Waals surface area contributed by atoms with E-state index in [2.05, 4.69) is 25.4 Å². The highest BCUT2D eigenvalue weighted by Crippen LogP contribution is 2.15. The van der Waals surface area contributed by atoms with E-state index in [-0.39, 0.29) is 18.1 Å². The molecule has 0 bridgehead atoms. The fourth-order valence-electron chi connectivity index (χ4n) is 2.70. The average molecular weight is 410 g/mol. The number of benzene rings is 1. The molecule has 0 aliphatic carbocycles. The lowest BCUT2D eigenvalue weighted by molar-refractivity contribution is 0.0763. The summed E-state index contributed by atoms with van der Waals surface area (Å²) >= 11 is 6.00. The van der Waals surface area contributed by atoms with Gasteiger partial charge in [0.25, 0.3) is 5.91 Å². The molecule has 146 valence electrons. The maximum atomic E-state index is 12.6. The Morgan fingerprint density at radius 1 is 1.24 bits per heavy atom. The van der Waals surface area contributed by atoms with Crippen molar-refractivity contribution in [3.63, 3.8) is 0 Å². The first kappa shape index (κ1) is 18.8. The monoisotopic (exact) mass is 409 g/mol. The molecule has 1 amide bonds. The summed E-state index contributed by atoms with van der Waals surface area (Å²) in [5, 5.41) is 12.6. The minimum Gasteiger partial charge on any atom is -0.337 e. The smallest absolute Gasteiger partial charge is 0.276 e. The van der Waals surface area contributed by atoms with Gasteiger partial charge in [0.1, 0.15) is 6.54 Å². The van der Waals surface area contributed by atoms with E-state index in [0.717, 1.165) is 11.1 Å². The van der Waals surface area contributed by atoms with Crippen molar-refractivity contribution < 1.29 is 9.32 Å². The fraction of sp³-hybridized carbons (Fsp3) is 0.158. The Morgan fingerprint density at radius 2 is 2.07 bits per heavy atom. The number of carbonyl (C=O) groups excluding carboxylic acids is 1.